The van der Waals surface area contributed by atoms with Crippen LogP contribution < -0.4 is 0 Å². The zero-order chi connectivity index (χ0) is 35.3. The molecule has 2 heterocycles. The van der Waals surface area contributed by atoms with Gasteiger partial charge in [-0.05, 0) is 104 Å². The Bertz CT molecular complexity index is 3290. The van der Waals surface area contributed by atoms with E-state index in [1.54, 1.807) is 0 Å². The topological polar surface area (TPSA) is 9.86 Å². The van der Waals surface area contributed by atoms with E-state index in [4.69, 9.17) is 0 Å². The molecule has 0 saturated carbocycles. The molecule has 0 radical (unpaired) electrons. The van der Waals surface area contributed by atoms with Gasteiger partial charge in [0.05, 0.1) is 22.1 Å². The molecule has 0 fully saturated rings. The zero-order valence-corrected chi connectivity index (χ0v) is 29.4. The number of rotatable bonds is 4. The van der Waals surface area contributed by atoms with Crippen molar-refractivity contribution in [1.82, 2.24) is 9.13 Å². The van der Waals surface area contributed by atoms with E-state index in [-0.39, 0.29) is 0 Å². The second-order valence-electron chi connectivity index (χ2n) is 14.5. The summed E-state index contributed by atoms with van der Waals surface area (Å²) in [6, 6.07) is 71.5. The average molecular weight is 685 g/mol. The van der Waals surface area contributed by atoms with Gasteiger partial charge in [-0.15, -0.1) is 0 Å². The molecule has 12 rings (SSSR count). The van der Waals surface area contributed by atoms with Crippen molar-refractivity contribution >= 4 is 54.4 Å². The molecular formula is C52H32N2. The minimum atomic E-state index is 1.15. The van der Waals surface area contributed by atoms with Crippen LogP contribution in [0.25, 0.3) is 110 Å². The highest BCUT2D eigenvalue weighted by Crippen LogP contribution is 2.49. The smallest absolute Gasteiger partial charge is 0.0547 e. The molecule has 54 heavy (non-hydrogen) atoms. The molecular weight excluding hydrogens is 653 g/mol. The summed E-state index contributed by atoms with van der Waals surface area (Å²) in [5.41, 5.74) is 17.3. The maximum absolute atomic E-state index is 2.45. The van der Waals surface area contributed by atoms with Gasteiger partial charge in [0.15, 0.2) is 0 Å². The van der Waals surface area contributed by atoms with Gasteiger partial charge < -0.3 is 9.13 Å². The number of hydrogen-bond acceptors (Lipinski definition) is 0. The molecule has 0 saturated heterocycles. The van der Waals surface area contributed by atoms with Gasteiger partial charge in [0.1, 0.15) is 0 Å². The third-order valence-corrected chi connectivity index (χ3v) is 11.7. The molecule has 2 nitrogen and oxygen atoms in total. The summed E-state index contributed by atoms with van der Waals surface area (Å²) in [4.78, 5) is 0. The summed E-state index contributed by atoms with van der Waals surface area (Å²) < 4.78 is 4.85. The molecule has 9 aromatic carbocycles. The normalized spacial score (nSPS) is 12.1. The molecule has 0 aliphatic heterocycles. The van der Waals surface area contributed by atoms with Gasteiger partial charge in [-0.25, -0.2) is 0 Å². The summed E-state index contributed by atoms with van der Waals surface area (Å²) in [6.45, 7) is 0. The van der Waals surface area contributed by atoms with Crippen molar-refractivity contribution in [3.8, 4) is 55.9 Å². The second-order valence-corrected chi connectivity index (χ2v) is 14.5. The monoisotopic (exact) mass is 684 g/mol. The lowest BCUT2D eigenvalue weighted by Crippen LogP contribution is -1.95. The van der Waals surface area contributed by atoms with Gasteiger partial charge >= 0.3 is 0 Å². The van der Waals surface area contributed by atoms with Gasteiger partial charge in [-0.2, -0.15) is 0 Å². The van der Waals surface area contributed by atoms with Gasteiger partial charge in [-0.3, -0.25) is 0 Å². The van der Waals surface area contributed by atoms with Crippen LogP contribution in [0.2, 0.25) is 0 Å². The molecule has 0 atom stereocenters. The van der Waals surface area contributed by atoms with Crippen LogP contribution in [0, 0.1) is 0 Å². The molecule has 0 N–H and O–H groups in total. The number of para-hydroxylation sites is 3. The molecule has 2 heteroatoms. The number of fused-ring (bicyclic) bond motifs is 9. The maximum Gasteiger partial charge on any atom is 0.0547 e. The number of benzene rings is 9. The minimum absolute atomic E-state index is 1.15. The van der Waals surface area contributed by atoms with Crippen LogP contribution in [-0.4, -0.2) is 9.13 Å². The van der Waals surface area contributed by atoms with Crippen molar-refractivity contribution in [2.75, 3.05) is 0 Å². The van der Waals surface area contributed by atoms with Crippen molar-refractivity contribution in [2.24, 2.45) is 0 Å². The molecule has 0 bridgehead atoms. The van der Waals surface area contributed by atoms with E-state index in [0.29, 0.717) is 0 Å². The summed E-state index contributed by atoms with van der Waals surface area (Å²) in [7, 11) is 0. The minimum Gasteiger partial charge on any atom is -0.309 e. The summed E-state index contributed by atoms with van der Waals surface area (Å²) in [5.74, 6) is 0. The zero-order valence-electron chi connectivity index (χ0n) is 29.4. The first-order valence-corrected chi connectivity index (χ1v) is 18.7. The van der Waals surface area contributed by atoms with Crippen LogP contribution in [0.5, 0.6) is 0 Å². The highest BCUT2D eigenvalue weighted by molar-refractivity contribution is 6.19. The van der Waals surface area contributed by atoms with Crippen LogP contribution >= 0.6 is 0 Å². The van der Waals surface area contributed by atoms with E-state index in [1.165, 1.54) is 105 Å². The van der Waals surface area contributed by atoms with E-state index < -0.39 is 0 Å². The van der Waals surface area contributed by atoms with Gasteiger partial charge in [0.25, 0.3) is 0 Å². The molecule has 2 aromatic heterocycles. The Kier molecular flexibility index (Phi) is 6.09. The summed E-state index contributed by atoms with van der Waals surface area (Å²) >= 11 is 0. The third-order valence-electron chi connectivity index (χ3n) is 11.7. The van der Waals surface area contributed by atoms with Crippen molar-refractivity contribution in [3.63, 3.8) is 0 Å². The van der Waals surface area contributed by atoms with E-state index in [2.05, 4.69) is 203 Å². The number of hydrogen-bond donors (Lipinski definition) is 0. The average Bonchev–Trinajstić information content (AvgIpc) is 3.87. The highest BCUT2D eigenvalue weighted by Gasteiger charge is 2.23. The highest BCUT2D eigenvalue weighted by atomic mass is 15.0. The molecule has 0 unspecified atom stereocenters. The number of aromatic nitrogens is 2. The molecule has 1 aliphatic rings. The summed E-state index contributed by atoms with van der Waals surface area (Å²) in [6.07, 6.45) is 0. The van der Waals surface area contributed by atoms with Gasteiger partial charge in [0, 0.05) is 32.9 Å². The quantitative estimate of drug-likeness (QED) is 0.175. The fourth-order valence-electron chi connectivity index (χ4n) is 9.31. The lowest BCUT2D eigenvalue weighted by atomic mass is 9.94. The fraction of sp³-hybridized carbons (Fsp3) is 0. The van der Waals surface area contributed by atoms with E-state index in [9.17, 15) is 0 Å². The van der Waals surface area contributed by atoms with E-state index in [1.807, 2.05) is 0 Å². The van der Waals surface area contributed by atoms with Crippen LogP contribution in [0.15, 0.2) is 194 Å². The fourth-order valence-corrected chi connectivity index (χ4v) is 9.31. The molecule has 1 aliphatic carbocycles. The van der Waals surface area contributed by atoms with Crippen molar-refractivity contribution < 1.29 is 0 Å². The first-order chi connectivity index (χ1) is 26.8. The van der Waals surface area contributed by atoms with E-state index >= 15 is 0 Å². The Labute approximate surface area is 312 Å². The Hall–Kier alpha value is -7.16. The van der Waals surface area contributed by atoms with Crippen LogP contribution in [0.4, 0.5) is 0 Å². The Morgan fingerprint density at radius 1 is 0.241 bits per heavy atom. The largest absolute Gasteiger partial charge is 0.309 e. The van der Waals surface area contributed by atoms with Crippen molar-refractivity contribution in [1.29, 1.82) is 0 Å². The lowest BCUT2D eigenvalue weighted by Gasteiger charge is -2.13. The first-order valence-electron chi connectivity index (χ1n) is 18.7. The summed E-state index contributed by atoms with van der Waals surface area (Å²) in [5, 5.41) is 7.69. The van der Waals surface area contributed by atoms with Crippen LogP contribution in [0.1, 0.15) is 0 Å². The number of nitrogens with zero attached hydrogens (tertiary/aromatic N) is 2. The van der Waals surface area contributed by atoms with Crippen LogP contribution in [-0.2, 0) is 0 Å². The predicted molar refractivity (Wildman–Crippen MR) is 228 cm³/mol. The SMILES string of the molecule is c1ccc(-n2c3ccccc3c3ccc(-c4ccc5c6ccccc6n(-c6cccc(-c7ccc8c9c(cccc79)-c7ccccc7-8)c6)c5c4)cc32)cc1. The third kappa shape index (κ3) is 4.11. The molecule has 250 valence electrons. The second kappa shape index (κ2) is 11.2. The van der Waals surface area contributed by atoms with Crippen molar-refractivity contribution in [2.45, 2.75) is 0 Å². The van der Waals surface area contributed by atoms with Gasteiger partial charge in [0.2, 0.25) is 0 Å². The van der Waals surface area contributed by atoms with E-state index in [0.717, 1.165) is 5.69 Å². The van der Waals surface area contributed by atoms with Crippen molar-refractivity contribution in [3.05, 3.63) is 194 Å². The maximum atomic E-state index is 2.45. The Morgan fingerprint density at radius 2 is 0.722 bits per heavy atom. The van der Waals surface area contributed by atoms with Gasteiger partial charge in [-0.1, -0.05) is 146 Å². The van der Waals surface area contributed by atoms with Crippen LogP contribution in [0.3, 0.4) is 0 Å². The lowest BCUT2D eigenvalue weighted by molar-refractivity contribution is 1.18. The Morgan fingerprint density at radius 3 is 1.41 bits per heavy atom. The molecule has 11 aromatic rings. The Balaban J connectivity index is 1.05. The standard InChI is InChI=1S/C52H32N2/c1-2-13-36(14-3-1)53-48-22-8-6-18-41(48)43-26-24-33(31-50(43)53)34-25-27-44-42-19-7-9-23-49(42)54(51(44)32-34)37-15-10-12-35(30-37)38-28-29-47-40-17-5-4-16-39(40)46-21-11-20-45(38)52(46)47/h1-32H. The molecule has 0 spiro atoms. The molecule has 0 amide bonds. The first kappa shape index (κ1) is 29.4. The predicted octanol–water partition coefficient (Wildman–Crippen LogP) is 14.0.